The van der Waals surface area contributed by atoms with Gasteiger partial charge in [0.1, 0.15) is 5.75 Å². The molecule has 1 aromatic rings. The average molecular weight is 302 g/mol. The minimum atomic E-state index is -3.77. The van der Waals surface area contributed by atoms with E-state index in [1.165, 1.54) is 0 Å². The van der Waals surface area contributed by atoms with E-state index in [1.54, 1.807) is 31.2 Å². The highest BCUT2D eigenvalue weighted by Crippen LogP contribution is 2.39. The second-order valence-corrected chi connectivity index (χ2v) is 6.45. The normalized spacial score (nSPS) is 10.9. The predicted octanol–water partition coefficient (Wildman–Crippen LogP) is 1.94. The van der Waals surface area contributed by atoms with Crippen molar-refractivity contribution in [2.75, 3.05) is 6.61 Å². The van der Waals surface area contributed by atoms with Crippen LogP contribution in [0.25, 0.3) is 0 Å². The van der Waals surface area contributed by atoms with E-state index in [1.807, 2.05) is 0 Å². The van der Waals surface area contributed by atoms with Crippen molar-refractivity contribution < 1.29 is 23.8 Å². The number of rotatable bonds is 6. The Hall–Kier alpha value is -1.20. The summed E-state index contributed by atoms with van der Waals surface area (Å²) in [6.07, 6.45) is 0.379. The lowest BCUT2D eigenvalue weighted by Gasteiger charge is -2.14. The van der Waals surface area contributed by atoms with Gasteiger partial charge in [0.2, 0.25) is 0 Å². The first-order chi connectivity index (χ1) is 8.79. The van der Waals surface area contributed by atoms with Gasteiger partial charge >= 0.3 is 12.7 Å². The summed E-state index contributed by atoms with van der Waals surface area (Å²) < 4.78 is 9.87. The van der Waals surface area contributed by atoms with Crippen LogP contribution < -0.4 is 4.52 Å². The highest BCUT2D eigenvalue weighted by molar-refractivity contribution is 8.06. The molecule has 0 aliphatic carbocycles. The third-order valence-corrected chi connectivity index (χ3v) is 2.80. The predicted molar refractivity (Wildman–Crippen MR) is 75.3 cm³/mol. The number of carbonyl (C=O) groups excluding carboxylic acids is 1. The monoisotopic (exact) mass is 302 g/mol. The number of esters is 1. The summed E-state index contributed by atoms with van der Waals surface area (Å²) in [5, 5.41) is 0. The van der Waals surface area contributed by atoms with Crippen LogP contribution in [0.15, 0.2) is 36.4 Å². The van der Waals surface area contributed by atoms with Gasteiger partial charge in [-0.2, -0.15) is 0 Å². The molecule has 0 saturated carbocycles. The van der Waals surface area contributed by atoms with Gasteiger partial charge in [-0.1, -0.05) is 24.8 Å². The molecule has 7 heteroatoms. The molecule has 0 fully saturated rings. The fraction of sp³-hybridized carbons (Fsp3) is 0.250. The van der Waals surface area contributed by atoms with Crippen LogP contribution in [-0.4, -0.2) is 22.4 Å². The fourth-order valence-corrected chi connectivity index (χ4v) is 1.98. The third kappa shape index (κ3) is 5.98. The first-order valence-electron chi connectivity index (χ1n) is 5.45. The summed E-state index contributed by atoms with van der Waals surface area (Å²) >= 11 is 4.42. The number of carbonyl (C=O) groups is 1. The summed E-state index contributed by atoms with van der Waals surface area (Å²) in [4.78, 5) is 29.5. The van der Waals surface area contributed by atoms with Crippen LogP contribution in [0.4, 0.5) is 0 Å². The third-order valence-electron chi connectivity index (χ3n) is 2.14. The maximum atomic E-state index is 11.2. The molecule has 0 spiro atoms. The van der Waals surface area contributed by atoms with Crippen molar-refractivity contribution in [3.63, 3.8) is 0 Å². The van der Waals surface area contributed by atoms with Gasteiger partial charge in [-0.15, -0.1) is 0 Å². The Morgan fingerprint density at radius 1 is 1.42 bits per heavy atom. The molecular formula is C12H15O5PS. The molecule has 19 heavy (non-hydrogen) atoms. The molecule has 1 rings (SSSR count). The molecule has 0 aromatic heterocycles. The van der Waals surface area contributed by atoms with E-state index in [0.717, 1.165) is 0 Å². The quantitative estimate of drug-likeness (QED) is 0.475. The van der Waals surface area contributed by atoms with Crippen molar-refractivity contribution >= 4 is 24.5 Å². The summed E-state index contributed by atoms with van der Waals surface area (Å²) in [6.45, 7) is 1.41. The lowest BCUT2D eigenvalue weighted by Crippen LogP contribution is -2.08. The molecule has 0 aliphatic rings. The molecular weight excluding hydrogens is 287 g/mol. The molecule has 104 valence electrons. The van der Waals surface area contributed by atoms with Gasteiger partial charge in [0.25, 0.3) is 0 Å². The van der Waals surface area contributed by atoms with Gasteiger partial charge < -0.3 is 19.0 Å². The van der Waals surface area contributed by atoms with Gasteiger partial charge in [-0.3, -0.25) is 0 Å². The Bertz CT molecular complexity index is 523. The molecule has 5 nitrogen and oxygen atoms in total. The van der Waals surface area contributed by atoms with Crippen LogP contribution in [0, 0.1) is 0 Å². The van der Waals surface area contributed by atoms with E-state index in [4.69, 9.17) is 19.0 Å². The fourth-order valence-electron chi connectivity index (χ4n) is 1.30. The topological polar surface area (TPSA) is 76.0 Å². The maximum absolute atomic E-state index is 11.2. The van der Waals surface area contributed by atoms with Gasteiger partial charge in [-0.05, 0) is 18.6 Å². The Morgan fingerprint density at radius 2 is 2.05 bits per heavy atom. The summed E-state index contributed by atoms with van der Waals surface area (Å²) in [6, 6.07) is 6.75. The molecule has 0 unspecified atom stereocenters. The summed E-state index contributed by atoms with van der Waals surface area (Å²) in [5.41, 5.74) is 1.00. The van der Waals surface area contributed by atoms with E-state index >= 15 is 0 Å². The van der Waals surface area contributed by atoms with E-state index in [9.17, 15) is 4.79 Å². The first-order valence-corrected chi connectivity index (χ1v) is 8.08. The van der Waals surface area contributed by atoms with Crippen LogP contribution in [0.3, 0.4) is 0 Å². The minimum absolute atomic E-state index is 0.145. The molecule has 2 N–H and O–H groups in total. The summed E-state index contributed by atoms with van der Waals surface area (Å²) in [7, 11) is 0. The molecule has 0 bridgehead atoms. The Labute approximate surface area is 116 Å². The summed E-state index contributed by atoms with van der Waals surface area (Å²) in [5.74, 6) is -0.185. The lowest BCUT2D eigenvalue weighted by atomic mass is 10.1. The SMILES string of the molecule is C=C(C)C(=O)OCCc1ccccc1OP(O)(O)=S. The second kappa shape index (κ2) is 6.82. The van der Waals surface area contributed by atoms with Crippen LogP contribution >= 0.6 is 6.72 Å². The maximum Gasteiger partial charge on any atom is 0.375 e. The molecule has 1 aromatic carbocycles. The van der Waals surface area contributed by atoms with Gasteiger partial charge in [0.15, 0.2) is 0 Å². The van der Waals surface area contributed by atoms with Crippen molar-refractivity contribution in [1.29, 1.82) is 0 Å². The molecule has 0 heterocycles. The van der Waals surface area contributed by atoms with Gasteiger partial charge in [0, 0.05) is 23.8 Å². The van der Waals surface area contributed by atoms with Gasteiger partial charge in [-0.25, -0.2) is 4.79 Å². The Kier molecular flexibility index (Phi) is 5.69. The van der Waals surface area contributed by atoms with E-state index in [2.05, 4.69) is 18.4 Å². The highest BCUT2D eigenvalue weighted by atomic mass is 32.5. The van der Waals surface area contributed by atoms with Crippen molar-refractivity contribution in [1.82, 2.24) is 0 Å². The van der Waals surface area contributed by atoms with Crippen molar-refractivity contribution in [3.05, 3.63) is 42.0 Å². The van der Waals surface area contributed by atoms with Crippen LogP contribution in [0.1, 0.15) is 12.5 Å². The van der Waals surface area contributed by atoms with Crippen LogP contribution in [0.2, 0.25) is 0 Å². The van der Waals surface area contributed by atoms with E-state index < -0.39 is 12.7 Å². The molecule has 0 saturated heterocycles. The molecule has 0 atom stereocenters. The van der Waals surface area contributed by atoms with Crippen molar-refractivity contribution in [3.8, 4) is 5.75 Å². The minimum Gasteiger partial charge on any atom is -0.462 e. The van der Waals surface area contributed by atoms with Crippen LogP contribution in [0.5, 0.6) is 5.75 Å². The lowest BCUT2D eigenvalue weighted by molar-refractivity contribution is -0.138. The zero-order chi connectivity index (χ0) is 14.5. The number of hydrogen-bond donors (Lipinski definition) is 2. The van der Waals surface area contributed by atoms with E-state index in [-0.39, 0.29) is 12.4 Å². The highest BCUT2D eigenvalue weighted by Gasteiger charge is 2.13. The number of ether oxygens (including phenoxy) is 1. The van der Waals surface area contributed by atoms with Crippen molar-refractivity contribution in [2.45, 2.75) is 13.3 Å². The number of para-hydroxylation sites is 1. The zero-order valence-corrected chi connectivity index (χ0v) is 12.1. The largest absolute Gasteiger partial charge is 0.462 e. The average Bonchev–Trinajstić information content (AvgIpc) is 2.29. The first kappa shape index (κ1) is 15.9. The zero-order valence-electron chi connectivity index (χ0n) is 10.4. The standard InChI is InChI=1S/C12H15O5PS/c1-9(2)12(13)16-8-7-10-5-3-4-6-11(10)17-18(14,15)19/h3-6H,1,7-8H2,2H3,(H2,14,15,19). The molecule has 0 amide bonds. The second-order valence-electron chi connectivity index (χ2n) is 3.86. The van der Waals surface area contributed by atoms with Crippen LogP contribution in [-0.2, 0) is 27.8 Å². The van der Waals surface area contributed by atoms with Crippen molar-refractivity contribution in [2.24, 2.45) is 0 Å². The number of hydrogen-bond acceptors (Lipinski definition) is 4. The van der Waals surface area contributed by atoms with E-state index in [0.29, 0.717) is 17.6 Å². The Balaban J connectivity index is 2.66. The smallest absolute Gasteiger partial charge is 0.375 e. The molecule has 0 aliphatic heterocycles. The van der Waals surface area contributed by atoms with Gasteiger partial charge in [0.05, 0.1) is 6.61 Å². The Morgan fingerprint density at radius 3 is 2.63 bits per heavy atom. The molecule has 0 radical (unpaired) electrons. The number of benzene rings is 1.